The van der Waals surface area contributed by atoms with E-state index in [-0.39, 0.29) is 11.8 Å². The molecule has 5 nitrogen and oxygen atoms in total. The Kier molecular flexibility index (Phi) is 5.03. The normalized spacial score (nSPS) is 13.4. The molecule has 0 saturated heterocycles. The number of nitrogens with zero attached hydrogens (tertiary/aromatic N) is 1. The maximum absolute atomic E-state index is 12.2. The molecule has 3 rings (SSSR count). The molecule has 2 aromatic rings. The lowest BCUT2D eigenvalue weighted by Gasteiger charge is -2.26. The van der Waals surface area contributed by atoms with Crippen molar-refractivity contribution in [2.24, 2.45) is 0 Å². The molecule has 2 aromatic carbocycles. The van der Waals surface area contributed by atoms with E-state index < -0.39 is 0 Å². The molecule has 1 aliphatic rings. The lowest BCUT2D eigenvalue weighted by atomic mass is 9.98. The SMILES string of the molecule is COc1ccc(C(=O)NCCc2ccc3c(c2)CCC(=O)N3C)cc1. The Labute approximate surface area is 147 Å². The lowest BCUT2D eigenvalue weighted by Crippen LogP contribution is -2.31. The number of hydrogen-bond donors (Lipinski definition) is 1. The smallest absolute Gasteiger partial charge is 0.251 e. The first kappa shape index (κ1) is 17.0. The quantitative estimate of drug-likeness (QED) is 0.911. The first-order valence-electron chi connectivity index (χ1n) is 8.39. The Balaban J connectivity index is 1.57. The van der Waals surface area contributed by atoms with Gasteiger partial charge in [0.2, 0.25) is 5.91 Å². The number of aryl methyl sites for hydroxylation is 1. The number of amides is 2. The highest BCUT2D eigenvalue weighted by Gasteiger charge is 2.20. The van der Waals surface area contributed by atoms with Crippen LogP contribution in [0.4, 0.5) is 5.69 Å². The molecular formula is C20H22N2O3. The molecule has 5 heteroatoms. The Morgan fingerprint density at radius 2 is 1.92 bits per heavy atom. The van der Waals surface area contributed by atoms with E-state index in [1.54, 1.807) is 36.3 Å². The lowest BCUT2D eigenvalue weighted by molar-refractivity contribution is -0.118. The Morgan fingerprint density at radius 3 is 2.64 bits per heavy atom. The van der Waals surface area contributed by atoms with Crippen LogP contribution < -0.4 is 15.0 Å². The zero-order valence-electron chi connectivity index (χ0n) is 14.5. The van der Waals surface area contributed by atoms with E-state index in [2.05, 4.69) is 11.4 Å². The summed E-state index contributed by atoms with van der Waals surface area (Å²) >= 11 is 0. The number of hydrogen-bond acceptors (Lipinski definition) is 3. The molecule has 1 N–H and O–H groups in total. The molecule has 0 fully saturated rings. The van der Waals surface area contributed by atoms with Crippen LogP contribution in [0.1, 0.15) is 27.9 Å². The molecular weight excluding hydrogens is 316 g/mol. The standard InChI is InChI=1S/C20H22N2O3/c1-22-18-9-3-14(13-16(18)6-10-19(22)23)11-12-21-20(24)15-4-7-17(25-2)8-5-15/h3-5,7-9,13H,6,10-12H2,1-2H3,(H,21,24). The van der Waals surface area contributed by atoms with E-state index in [0.29, 0.717) is 18.5 Å². The van der Waals surface area contributed by atoms with Gasteiger partial charge in [0.1, 0.15) is 5.75 Å². The fourth-order valence-corrected chi connectivity index (χ4v) is 3.03. The monoisotopic (exact) mass is 338 g/mol. The fourth-order valence-electron chi connectivity index (χ4n) is 3.03. The van der Waals surface area contributed by atoms with Gasteiger partial charge in [0.15, 0.2) is 0 Å². The third-order valence-corrected chi connectivity index (χ3v) is 4.54. The van der Waals surface area contributed by atoms with Gasteiger partial charge < -0.3 is 15.0 Å². The van der Waals surface area contributed by atoms with Crippen LogP contribution in [-0.2, 0) is 17.6 Å². The van der Waals surface area contributed by atoms with Crippen LogP contribution in [0.25, 0.3) is 0 Å². The predicted molar refractivity (Wildman–Crippen MR) is 97.2 cm³/mol. The van der Waals surface area contributed by atoms with Crippen LogP contribution in [0.5, 0.6) is 5.75 Å². The van der Waals surface area contributed by atoms with E-state index in [1.165, 1.54) is 5.56 Å². The van der Waals surface area contributed by atoms with Gasteiger partial charge in [-0.05, 0) is 54.3 Å². The Morgan fingerprint density at radius 1 is 1.16 bits per heavy atom. The van der Waals surface area contributed by atoms with Gasteiger partial charge in [0, 0.05) is 31.3 Å². The number of nitrogens with one attached hydrogen (secondary N) is 1. The van der Waals surface area contributed by atoms with E-state index in [0.717, 1.165) is 29.8 Å². The zero-order chi connectivity index (χ0) is 17.8. The Bertz CT molecular complexity index is 784. The molecule has 0 atom stereocenters. The van der Waals surface area contributed by atoms with Crippen molar-refractivity contribution in [2.75, 3.05) is 25.6 Å². The van der Waals surface area contributed by atoms with E-state index in [4.69, 9.17) is 4.74 Å². The van der Waals surface area contributed by atoms with Gasteiger partial charge in [-0.3, -0.25) is 9.59 Å². The largest absolute Gasteiger partial charge is 0.497 e. The van der Waals surface area contributed by atoms with Gasteiger partial charge in [0.05, 0.1) is 7.11 Å². The highest BCUT2D eigenvalue weighted by molar-refractivity contribution is 5.96. The minimum absolute atomic E-state index is 0.0917. The number of fused-ring (bicyclic) bond motifs is 1. The van der Waals surface area contributed by atoms with Crippen LogP contribution in [0.3, 0.4) is 0 Å². The molecule has 0 aliphatic carbocycles. The topological polar surface area (TPSA) is 58.6 Å². The van der Waals surface area contributed by atoms with Crippen molar-refractivity contribution in [1.82, 2.24) is 5.32 Å². The van der Waals surface area contributed by atoms with Gasteiger partial charge in [0.25, 0.3) is 5.91 Å². The van der Waals surface area contributed by atoms with Gasteiger partial charge in [-0.1, -0.05) is 12.1 Å². The van der Waals surface area contributed by atoms with Crippen molar-refractivity contribution < 1.29 is 14.3 Å². The molecule has 0 bridgehead atoms. The number of carbonyl (C=O) groups excluding carboxylic acids is 2. The molecule has 0 saturated carbocycles. The predicted octanol–water partition coefficient (Wildman–Crippen LogP) is 2.58. The molecule has 0 unspecified atom stereocenters. The summed E-state index contributed by atoms with van der Waals surface area (Å²) in [5, 5.41) is 2.94. The highest BCUT2D eigenvalue weighted by Crippen LogP contribution is 2.27. The van der Waals surface area contributed by atoms with Crippen molar-refractivity contribution in [3.63, 3.8) is 0 Å². The molecule has 0 spiro atoms. The first-order chi connectivity index (χ1) is 12.1. The number of ether oxygens (including phenoxy) is 1. The Hall–Kier alpha value is -2.82. The van der Waals surface area contributed by atoms with Crippen molar-refractivity contribution >= 4 is 17.5 Å². The van der Waals surface area contributed by atoms with Crippen molar-refractivity contribution in [3.8, 4) is 5.75 Å². The van der Waals surface area contributed by atoms with Crippen LogP contribution in [0.15, 0.2) is 42.5 Å². The molecule has 130 valence electrons. The average molecular weight is 338 g/mol. The van der Waals surface area contributed by atoms with E-state index in [9.17, 15) is 9.59 Å². The van der Waals surface area contributed by atoms with Gasteiger partial charge in [-0.2, -0.15) is 0 Å². The van der Waals surface area contributed by atoms with Crippen LogP contribution in [0.2, 0.25) is 0 Å². The third-order valence-electron chi connectivity index (χ3n) is 4.54. The number of carbonyl (C=O) groups is 2. The minimum Gasteiger partial charge on any atom is -0.497 e. The highest BCUT2D eigenvalue weighted by atomic mass is 16.5. The number of anilines is 1. The molecule has 2 amide bonds. The fraction of sp³-hybridized carbons (Fsp3) is 0.300. The third kappa shape index (κ3) is 3.82. The summed E-state index contributed by atoms with van der Waals surface area (Å²) in [6.07, 6.45) is 2.10. The van der Waals surface area contributed by atoms with Crippen molar-refractivity contribution in [3.05, 3.63) is 59.2 Å². The van der Waals surface area contributed by atoms with Crippen LogP contribution in [0, 0.1) is 0 Å². The second kappa shape index (κ2) is 7.38. The van der Waals surface area contributed by atoms with Crippen LogP contribution >= 0.6 is 0 Å². The van der Waals surface area contributed by atoms with Crippen molar-refractivity contribution in [1.29, 1.82) is 0 Å². The summed E-state index contributed by atoms with van der Waals surface area (Å²) in [4.78, 5) is 25.6. The molecule has 1 aliphatic heterocycles. The maximum atomic E-state index is 12.2. The number of rotatable bonds is 5. The van der Waals surface area contributed by atoms with Gasteiger partial charge >= 0.3 is 0 Å². The summed E-state index contributed by atoms with van der Waals surface area (Å²) in [5.41, 5.74) is 3.96. The zero-order valence-corrected chi connectivity index (χ0v) is 14.5. The summed E-state index contributed by atoms with van der Waals surface area (Å²) in [7, 11) is 3.41. The summed E-state index contributed by atoms with van der Waals surface area (Å²) in [6, 6.07) is 13.2. The van der Waals surface area contributed by atoms with Crippen molar-refractivity contribution in [2.45, 2.75) is 19.3 Å². The average Bonchev–Trinajstić information content (AvgIpc) is 2.65. The van der Waals surface area contributed by atoms with Gasteiger partial charge in [-0.25, -0.2) is 0 Å². The summed E-state index contributed by atoms with van der Waals surface area (Å²) < 4.78 is 5.09. The second-order valence-electron chi connectivity index (χ2n) is 6.15. The van der Waals surface area contributed by atoms with Gasteiger partial charge in [-0.15, -0.1) is 0 Å². The minimum atomic E-state index is -0.0917. The molecule has 1 heterocycles. The number of methoxy groups -OCH3 is 1. The summed E-state index contributed by atoms with van der Waals surface area (Å²) in [6.45, 7) is 0.568. The van der Waals surface area contributed by atoms with E-state index in [1.807, 2.05) is 19.2 Å². The van der Waals surface area contributed by atoms with E-state index >= 15 is 0 Å². The second-order valence-corrected chi connectivity index (χ2v) is 6.15. The molecule has 25 heavy (non-hydrogen) atoms. The maximum Gasteiger partial charge on any atom is 0.251 e. The first-order valence-corrected chi connectivity index (χ1v) is 8.39. The number of benzene rings is 2. The molecule has 0 radical (unpaired) electrons. The summed E-state index contributed by atoms with van der Waals surface area (Å²) in [5.74, 6) is 0.798. The molecule has 0 aromatic heterocycles. The van der Waals surface area contributed by atoms with Crippen LogP contribution in [-0.4, -0.2) is 32.5 Å².